The van der Waals surface area contributed by atoms with Crippen LogP contribution in [0.3, 0.4) is 0 Å². The topological polar surface area (TPSA) is 93.5 Å². The fourth-order valence-electron chi connectivity index (χ4n) is 2.96. The van der Waals surface area contributed by atoms with Crippen molar-refractivity contribution in [2.45, 2.75) is 45.6 Å². The molecule has 0 heterocycles. The van der Waals surface area contributed by atoms with Crippen molar-refractivity contribution in [2.75, 3.05) is 18.5 Å². The normalized spacial score (nSPS) is 20.4. The zero-order chi connectivity index (χ0) is 17.5. The van der Waals surface area contributed by atoms with Gasteiger partial charge in [0.25, 0.3) is 5.69 Å². The number of hydrogen-bond donors (Lipinski definition) is 2. The number of amides is 2. The van der Waals surface area contributed by atoms with E-state index in [0.717, 1.165) is 6.42 Å². The fourth-order valence-corrected chi connectivity index (χ4v) is 2.96. The van der Waals surface area contributed by atoms with Crippen molar-refractivity contribution in [2.24, 2.45) is 5.92 Å². The van der Waals surface area contributed by atoms with Crippen molar-refractivity contribution < 1.29 is 14.5 Å². The highest BCUT2D eigenvalue weighted by Crippen LogP contribution is 2.26. The molecular weight excluding hydrogens is 310 g/mol. The predicted octanol–water partition coefficient (Wildman–Crippen LogP) is 3.62. The number of rotatable bonds is 6. The molecule has 1 aliphatic carbocycles. The van der Waals surface area contributed by atoms with Crippen molar-refractivity contribution in [3.05, 3.63) is 33.9 Å². The summed E-state index contributed by atoms with van der Waals surface area (Å²) >= 11 is 0. The van der Waals surface area contributed by atoms with E-state index in [2.05, 4.69) is 17.6 Å². The molecule has 0 bridgehead atoms. The Bertz CT molecular complexity index is 591. The van der Waals surface area contributed by atoms with Gasteiger partial charge in [0.15, 0.2) is 0 Å². The molecule has 1 aromatic rings. The van der Waals surface area contributed by atoms with E-state index in [9.17, 15) is 14.9 Å². The number of nitro groups is 1. The molecule has 2 rings (SSSR count). The van der Waals surface area contributed by atoms with Crippen LogP contribution in [0.4, 0.5) is 16.2 Å². The number of benzene rings is 1. The molecule has 1 aromatic carbocycles. The van der Waals surface area contributed by atoms with Gasteiger partial charge in [0.1, 0.15) is 0 Å². The molecule has 2 atom stereocenters. The lowest BCUT2D eigenvalue weighted by molar-refractivity contribution is -0.385. The molecule has 0 aliphatic heterocycles. The number of hydrogen-bond acceptors (Lipinski definition) is 4. The Morgan fingerprint density at radius 1 is 1.38 bits per heavy atom. The second kappa shape index (κ2) is 8.63. The smallest absolute Gasteiger partial charge is 0.319 e. The van der Waals surface area contributed by atoms with E-state index in [1.165, 1.54) is 25.3 Å². The molecule has 7 heteroatoms. The first-order chi connectivity index (χ1) is 11.5. The lowest BCUT2D eigenvalue weighted by Crippen LogP contribution is -2.34. The van der Waals surface area contributed by atoms with Crippen LogP contribution in [0.2, 0.25) is 0 Å². The maximum atomic E-state index is 11.8. The standard InChI is InChI=1S/C17H25N3O4/c1-12-7-8-14(11-15(12)20(22)23)19-17(21)18-9-10-24-16-6-4-3-5-13(16)2/h7-8,11,13,16H,3-6,9-10H2,1-2H3,(H2,18,19,21)/t13-,16+/m1/s1. The summed E-state index contributed by atoms with van der Waals surface area (Å²) in [7, 11) is 0. The van der Waals surface area contributed by atoms with Gasteiger partial charge in [0.05, 0.1) is 17.6 Å². The highest BCUT2D eigenvalue weighted by molar-refractivity contribution is 5.89. The monoisotopic (exact) mass is 335 g/mol. The van der Waals surface area contributed by atoms with E-state index < -0.39 is 11.0 Å². The summed E-state index contributed by atoms with van der Waals surface area (Å²) in [4.78, 5) is 22.3. The SMILES string of the molecule is Cc1ccc(NC(=O)NCCO[C@H]2CCCC[C@H]2C)cc1[N+](=O)[O-]. The van der Waals surface area contributed by atoms with Crippen LogP contribution in [0.1, 0.15) is 38.2 Å². The Balaban J connectivity index is 1.73. The van der Waals surface area contributed by atoms with E-state index in [1.54, 1.807) is 19.1 Å². The summed E-state index contributed by atoms with van der Waals surface area (Å²) in [5.74, 6) is 0.570. The third kappa shape index (κ3) is 5.19. The zero-order valence-corrected chi connectivity index (χ0v) is 14.2. The number of nitro benzene ring substituents is 1. The summed E-state index contributed by atoms with van der Waals surface area (Å²) in [5, 5.41) is 16.2. The number of carbonyl (C=O) groups is 1. The molecule has 1 aliphatic rings. The van der Waals surface area contributed by atoms with Crippen LogP contribution in [-0.4, -0.2) is 30.2 Å². The van der Waals surface area contributed by atoms with Crippen molar-refractivity contribution in [1.82, 2.24) is 5.32 Å². The van der Waals surface area contributed by atoms with Gasteiger partial charge in [-0.25, -0.2) is 4.79 Å². The van der Waals surface area contributed by atoms with E-state index in [1.807, 2.05) is 0 Å². The Morgan fingerprint density at radius 2 is 2.12 bits per heavy atom. The van der Waals surface area contributed by atoms with Crippen molar-refractivity contribution in [3.63, 3.8) is 0 Å². The van der Waals surface area contributed by atoms with Gasteiger partial charge in [0, 0.05) is 23.9 Å². The number of nitrogens with one attached hydrogen (secondary N) is 2. The predicted molar refractivity (Wildman–Crippen MR) is 92.2 cm³/mol. The third-order valence-electron chi connectivity index (χ3n) is 4.42. The third-order valence-corrected chi connectivity index (χ3v) is 4.42. The fraction of sp³-hybridized carbons (Fsp3) is 0.588. The van der Waals surface area contributed by atoms with Crippen LogP contribution in [0.15, 0.2) is 18.2 Å². The van der Waals surface area contributed by atoms with Crippen LogP contribution in [-0.2, 0) is 4.74 Å². The average molecular weight is 335 g/mol. The van der Waals surface area contributed by atoms with Crippen LogP contribution >= 0.6 is 0 Å². The van der Waals surface area contributed by atoms with E-state index in [0.29, 0.717) is 30.3 Å². The van der Waals surface area contributed by atoms with Crippen LogP contribution in [0, 0.1) is 23.0 Å². The Morgan fingerprint density at radius 3 is 2.83 bits per heavy atom. The molecule has 132 valence electrons. The quantitative estimate of drug-likeness (QED) is 0.472. The minimum Gasteiger partial charge on any atom is -0.376 e. The molecule has 0 saturated heterocycles. The molecule has 0 spiro atoms. The molecule has 1 fully saturated rings. The van der Waals surface area contributed by atoms with Gasteiger partial charge in [-0.05, 0) is 31.7 Å². The first-order valence-corrected chi connectivity index (χ1v) is 8.39. The Kier molecular flexibility index (Phi) is 6.54. The first-order valence-electron chi connectivity index (χ1n) is 8.39. The van der Waals surface area contributed by atoms with E-state index >= 15 is 0 Å². The number of ether oxygens (including phenoxy) is 1. The summed E-state index contributed by atoms with van der Waals surface area (Å²) in [6.07, 6.45) is 5.04. The van der Waals surface area contributed by atoms with Crippen molar-refractivity contribution in [1.29, 1.82) is 0 Å². The van der Waals surface area contributed by atoms with Gasteiger partial charge < -0.3 is 15.4 Å². The van der Waals surface area contributed by atoms with Gasteiger partial charge in [-0.1, -0.05) is 25.8 Å². The molecule has 7 nitrogen and oxygen atoms in total. The van der Waals surface area contributed by atoms with Crippen molar-refractivity contribution >= 4 is 17.4 Å². The number of anilines is 1. The van der Waals surface area contributed by atoms with Gasteiger partial charge >= 0.3 is 6.03 Å². The molecule has 2 amide bonds. The van der Waals surface area contributed by atoms with Gasteiger partial charge in [-0.2, -0.15) is 0 Å². The first kappa shape index (κ1) is 18.2. The zero-order valence-electron chi connectivity index (χ0n) is 14.2. The lowest BCUT2D eigenvalue weighted by atomic mass is 9.88. The summed E-state index contributed by atoms with van der Waals surface area (Å²) < 4.78 is 5.83. The Hall–Kier alpha value is -2.15. The molecular formula is C17H25N3O4. The maximum absolute atomic E-state index is 11.8. The molecule has 0 aromatic heterocycles. The number of nitrogens with zero attached hydrogens (tertiary/aromatic N) is 1. The Labute approximate surface area is 141 Å². The second-order valence-electron chi connectivity index (χ2n) is 6.31. The van der Waals surface area contributed by atoms with Crippen LogP contribution in [0.5, 0.6) is 0 Å². The molecule has 24 heavy (non-hydrogen) atoms. The summed E-state index contributed by atoms with van der Waals surface area (Å²) in [6, 6.07) is 4.21. The molecule has 2 N–H and O–H groups in total. The largest absolute Gasteiger partial charge is 0.376 e. The van der Waals surface area contributed by atoms with E-state index in [-0.39, 0.29) is 11.8 Å². The van der Waals surface area contributed by atoms with Crippen LogP contribution in [0.25, 0.3) is 0 Å². The number of aryl methyl sites for hydroxylation is 1. The van der Waals surface area contributed by atoms with E-state index in [4.69, 9.17) is 4.74 Å². The molecule has 0 unspecified atom stereocenters. The number of carbonyl (C=O) groups excluding carboxylic acids is 1. The molecule has 0 radical (unpaired) electrons. The number of urea groups is 1. The van der Waals surface area contributed by atoms with Crippen LogP contribution < -0.4 is 10.6 Å². The second-order valence-corrected chi connectivity index (χ2v) is 6.31. The molecule has 1 saturated carbocycles. The summed E-state index contributed by atoms with van der Waals surface area (Å²) in [6.45, 7) is 4.74. The van der Waals surface area contributed by atoms with Gasteiger partial charge in [-0.15, -0.1) is 0 Å². The lowest BCUT2D eigenvalue weighted by Gasteiger charge is -2.28. The highest BCUT2D eigenvalue weighted by Gasteiger charge is 2.21. The average Bonchev–Trinajstić information content (AvgIpc) is 2.54. The minimum atomic E-state index is -0.461. The maximum Gasteiger partial charge on any atom is 0.319 e. The summed E-state index contributed by atoms with van der Waals surface area (Å²) in [5.41, 5.74) is 0.940. The van der Waals surface area contributed by atoms with Gasteiger partial charge in [-0.3, -0.25) is 10.1 Å². The van der Waals surface area contributed by atoms with Gasteiger partial charge in [0.2, 0.25) is 0 Å². The minimum absolute atomic E-state index is 0.0116. The van der Waals surface area contributed by atoms with Crippen molar-refractivity contribution in [3.8, 4) is 0 Å². The highest BCUT2D eigenvalue weighted by atomic mass is 16.6.